The Hall–Kier alpha value is -3.54. The van der Waals surface area contributed by atoms with Crippen molar-refractivity contribution in [3.05, 3.63) is 83.2 Å². The van der Waals surface area contributed by atoms with Crippen LogP contribution in [0.5, 0.6) is 0 Å². The van der Waals surface area contributed by atoms with Crippen LogP contribution in [0.15, 0.2) is 72.1 Å². The van der Waals surface area contributed by atoms with Gasteiger partial charge in [-0.05, 0) is 67.5 Å². The van der Waals surface area contributed by atoms with Gasteiger partial charge in [0.05, 0.1) is 0 Å². The molecule has 0 saturated heterocycles. The van der Waals surface area contributed by atoms with Gasteiger partial charge in [-0.1, -0.05) is 6.07 Å². The predicted octanol–water partition coefficient (Wildman–Crippen LogP) is 2.77. The number of rotatable bonds is 4. The van der Waals surface area contributed by atoms with Gasteiger partial charge in [0.15, 0.2) is 0 Å². The van der Waals surface area contributed by atoms with Crippen LogP contribution in [-0.4, -0.2) is 11.8 Å². The van der Waals surface area contributed by atoms with E-state index in [0.29, 0.717) is 28.9 Å². The Morgan fingerprint density at radius 2 is 1.46 bits per heavy atom. The molecule has 0 spiro atoms. The van der Waals surface area contributed by atoms with Crippen LogP contribution in [0.4, 0.5) is 11.4 Å². The Labute approximate surface area is 151 Å². The third kappa shape index (κ3) is 4.30. The SMILES string of the molecule is NC1=CC=C(NC(=O)c2ccc(C(=O)Nc3cccc(N)c3)cc2)CC1. The fourth-order valence-corrected chi connectivity index (χ4v) is 2.57. The van der Waals surface area contributed by atoms with E-state index in [1.54, 1.807) is 54.6 Å². The van der Waals surface area contributed by atoms with Crippen molar-refractivity contribution in [2.24, 2.45) is 5.73 Å². The van der Waals surface area contributed by atoms with Crippen molar-refractivity contribution in [2.45, 2.75) is 12.8 Å². The van der Waals surface area contributed by atoms with E-state index in [4.69, 9.17) is 11.5 Å². The van der Waals surface area contributed by atoms with Gasteiger partial charge in [0.2, 0.25) is 0 Å². The number of carbonyl (C=O) groups excluding carboxylic acids is 2. The Bertz CT molecular complexity index is 898. The monoisotopic (exact) mass is 348 g/mol. The maximum atomic E-state index is 12.3. The lowest BCUT2D eigenvalue weighted by Gasteiger charge is -2.13. The van der Waals surface area contributed by atoms with Crippen molar-refractivity contribution in [1.82, 2.24) is 5.32 Å². The van der Waals surface area contributed by atoms with Gasteiger partial charge in [0, 0.05) is 33.9 Å². The van der Waals surface area contributed by atoms with Gasteiger partial charge in [-0.2, -0.15) is 0 Å². The first-order chi connectivity index (χ1) is 12.5. The highest BCUT2D eigenvalue weighted by Gasteiger charge is 2.12. The van der Waals surface area contributed by atoms with E-state index in [2.05, 4.69) is 10.6 Å². The number of hydrogen-bond acceptors (Lipinski definition) is 4. The lowest BCUT2D eigenvalue weighted by atomic mass is 10.1. The van der Waals surface area contributed by atoms with Gasteiger partial charge in [-0.3, -0.25) is 9.59 Å². The summed E-state index contributed by atoms with van der Waals surface area (Å²) >= 11 is 0. The summed E-state index contributed by atoms with van der Waals surface area (Å²) in [5.41, 5.74) is 15.2. The maximum Gasteiger partial charge on any atom is 0.255 e. The fourth-order valence-electron chi connectivity index (χ4n) is 2.57. The van der Waals surface area contributed by atoms with E-state index >= 15 is 0 Å². The van der Waals surface area contributed by atoms with Gasteiger partial charge in [-0.25, -0.2) is 0 Å². The number of nitrogens with two attached hydrogens (primary N) is 2. The highest BCUT2D eigenvalue weighted by atomic mass is 16.2. The van der Waals surface area contributed by atoms with Crippen molar-refractivity contribution in [2.75, 3.05) is 11.1 Å². The first-order valence-corrected chi connectivity index (χ1v) is 8.25. The summed E-state index contributed by atoms with van der Waals surface area (Å²) in [5, 5.41) is 5.63. The second-order valence-electron chi connectivity index (χ2n) is 6.04. The Kier molecular flexibility index (Phi) is 5.03. The molecule has 2 aromatic carbocycles. The van der Waals surface area contributed by atoms with Gasteiger partial charge in [0.25, 0.3) is 11.8 Å². The molecule has 2 aromatic rings. The highest BCUT2D eigenvalue weighted by Crippen LogP contribution is 2.15. The average molecular weight is 348 g/mol. The summed E-state index contributed by atoms with van der Waals surface area (Å²) in [6.07, 6.45) is 5.04. The summed E-state index contributed by atoms with van der Waals surface area (Å²) in [4.78, 5) is 24.6. The minimum absolute atomic E-state index is 0.215. The first-order valence-electron chi connectivity index (χ1n) is 8.25. The lowest BCUT2D eigenvalue weighted by Crippen LogP contribution is -2.24. The van der Waals surface area contributed by atoms with Crippen LogP contribution in [0.25, 0.3) is 0 Å². The van der Waals surface area contributed by atoms with Crippen LogP contribution in [0.2, 0.25) is 0 Å². The Balaban J connectivity index is 1.64. The minimum atomic E-state index is -0.266. The molecule has 6 heteroatoms. The molecule has 0 radical (unpaired) electrons. The van der Waals surface area contributed by atoms with Crippen molar-refractivity contribution in [3.8, 4) is 0 Å². The molecule has 0 heterocycles. The zero-order valence-electron chi connectivity index (χ0n) is 14.2. The molecule has 1 aliphatic carbocycles. The summed E-state index contributed by atoms with van der Waals surface area (Å²) in [7, 11) is 0. The van der Waals surface area contributed by atoms with Crippen LogP contribution in [0.3, 0.4) is 0 Å². The molecule has 0 bridgehead atoms. The maximum absolute atomic E-state index is 12.3. The van der Waals surface area contributed by atoms with Crippen molar-refractivity contribution in [3.63, 3.8) is 0 Å². The number of allylic oxidation sites excluding steroid dienone is 4. The molecule has 132 valence electrons. The third-order valence-corrected chi connectivity index (χ3v) is 4.01. The number of hydrogen-bond donors (Lipinski definition) is 4. The predicted molar refractivity (Wildman–Crippen MR) is 102 cm³/mol. The number of carbonyl (C=O) groups is 2. The van der Waals surface area contributed by atoms with E-state index < -0.39 is 0 Å². The van der Waals surface area contributed by atoms with Gasteiger partial charge in [-0.15, -0.1) is 0 Å². The second kappa shape index (κ2) is 7.57. The number of amides is 2. The van der Waals surface area contributed by atoms with E-state index in [1.165, 1.54) is 0 Å². The summed E-state index contributed by atoms with van der Waals surface area (Å²) in [5.74, 6) is -0.480. The number of nitrogen functional groups attached to an aromatic ring is 1. The Morgan fingerprint density at radius 3 is 2.04 bits per heavy atom. The average Bonchev–Trinajstić information content (AvgIpc) is 2.64. The topological polar surface area (TPSA) is 110 Å². The summed E-state index contributed by atoms with van der Waals surface area (Å²) in [6, 6.07) is 13.4. The quantitative estimate of drug-likeness (QED) is 0.637. The second-order valence-corrected chi connectivity index (χ2v) is 6.04. The number of anilines is 2. The minimum Gasteiger partial charge on any atom is -0.402 e. The van der Waals surface area contributed by atoms with E-state index in [1.807, 2.05) is 6.08 Å². The van der Waals surface area contributed by atoms with Crippen LogP contribution in [0, 0.1) is 0 Å². The number of benzene rings is 2. The molecular weight excluding hydrogens is 328 g/mol. The standard InChI is InChI=1S/C20H20N4O2/c21-15-8-10-17(11-9-15)23-19(25)13-4-6-14(7-5-13)20(26)24-18-3-1-2-16(22)12-18/h1-8,10,12H,9,11,21-22H2,(H,23,25)(H,24,26). The van der Waals surface area contributed by atoms with E-state index in [9.17, 15) is 9.59 Å². The molecule has 2 amide bonds. The molecule has 0 unspecified atom stereocenters. The van der Waals surface area contributed by atoms with Crippen LogP contribution < -0.4 is 22.1 Å². The highest BCUT2D eigenvalue weighted by molar-refractivity contribution is 6.05. The summed E-state index contributed by atoms with van der Waals surface area (Å²) < 4.78 is 0. The fraction of sp³-hybridized carbons (Fsp3) is 0.100. The first kappa shape index (κ1) is 17.3. The molecule has 6 nitrogen and oxygen atoms in total. The largest absolute Gasteiger partial charge is 0.402 e. The normalized spacial score (nSPS) is 13.4. The van der Waals surface area contributed by atoms with Gasteiger partial charge in [0.1, 0.15) is 0 Å². The van der Waals surface area contributed by atoms with Gasteiger partial charge < -0.3 is 22.1 Å². The molecule has 26 heavy (non-hydrogen) atoms. The number of nitrogens with one attached hydrogen (secondary N) is 2. The van der Waals surface area contributed by atoms with Crippen molar-refractivity contribution in [1.29, 1.82) is 0 Å². The van der Waals surface area contributed by atoms with E-state index in [-0.39, 0.29) is 11.8 Å². The Morgan fingerprint density at radius 1 is 0.808 bits per heavy atom. The van der Waals surface area contributed by atoms with Crippen LogP contribution in [-0.2, 0) is 0 Å². The zero-order valence-corrected chi connectivity index (χ0v) is 14.2. The third-order valence-electron chi connectivity index (χ3n) is 4.01. The van der Waals surface area contributed by atoms with Crippen LogP contribution >= 0.6 is 0 Å². The molecule has 0 fully saturated rings. The van der Waals surface area contributed by atoms with Crippen molar-refractivity contribution >= 4 is 23.2 Å². The molecule has 3 rings (SSSR count). The molecular formula is C20H20N4O2. The van der Waals surface area contributed by atoms with Gasteiger partial charge >= 0.3 is 0 Å². The van der Waals surface area contributed by atoms with Crippen molar-refractivity contribution < 1.29 is 9.59 Å². The molecule has 0 aromatic heterocycles. The van der Waals surface area contributed by atoms with E-state index in [0.717, 1.165) is 17.8 Å². The smallest absolute Gasteiger partial charge is 0.255 e. The lowest BCUT2D eigenvalue weighted by molar-refractivity contribution is 0.0962. The zero-order chi connectivity index (χ0) is 18.5. The summed E-state index contributed by atoms with van der Waals surface area (Å²) in [6.45, 7) is 0. The van der Waals surface area contributed by atoms with Crippen LogP contribution in [0.1, 0.15) is 33.6 Å². The molecule has 0 aliphatic heterocycles. The molecule has 1 aliphatic rings. The molecule has 0 atom stereocenters. The molecule has 0 saturated carbocycles. The molecule has 6 N–H and O–H groups in total.